The number of halogens is 1. The zero-order chi connectivity index (χ0) is 15.6. The minimum atomic E-state index is 0.447. The van der Waals surface area contributed by atoms with Crippen LogP contribution in [0, 0.1) is 6.92 Å². The van der Waals surface area contributed by atoms with Crippen LogP contribution in [-0.4, -0.2) is 11.0 Å². The second kappa shape index (κ2) is 7.03. The van der Waals surface area contributed by atoms with Crippen LogP contribution < -0.4 is 5.32 Å². The molecular weight excluding hydrogens is 344 g/mol. The molecule has 0 amide bonds. The Balaban J connectivity index is 2.38. The molecule has 0 saturated heterocycles. The first-order valence-corrected chi connectivity index (χ1v) is 8.99. The van der Waals surface area contributed by atoms with E-state index in [1.807, 2.05) is 0 Å². The van der Waals surface area contributed by atoms with E-state index in [-0.39, 0.29) is 0 Å². The third-order valence-corrected chi connectivity index (χ3v) is 5.06. The van der Waals surface area contributed by atoms with Gasteiger partial charge in [-0.25, -0.2) is 4.98 Å². The molecule has 1 aromatic heterocycles. The van der Waals surface area contributed by atoms with Crippen LogP contribution in [0.5, 0.6) is 0 Å². The standard InChI is InChI=1S/C17H23BrN2S/c1-10(2)16-15(9-19-11(3)4)21-17(20-16)13-7-6-12(5)8-14(13)18/h6-8,10-11,19H,9H2,1-5H3. The second-order valence-electron chi connectivity index (χ2n) is 6.00. The van der Waals surface area contributed by atoms with Gasteiger partial charge in [-0.1, -0.05) is 55.8 Å². The largest absolute Gasteiger partial charge is 0.310 e. The molecule has 114 valence electrons. The highest BCUT2D eigenvalue weighted by Crippen LogP contribution is 2.35. The highest BCUT2D eigenvalue weighted by molar-refractivity contribution is 9.10. The lowest BCUT2D eigenvalue weighted by molar-refractivity contribution is 0.588. The van der Waals surface area contributed by atoms with E-state index in [0.29, 0.717) is 12.0 Å². The zero-order valence-corrected chi connectivity index (χ0v) is 15.7. The monoisotopic (exact) mass is 366 g/mol. The molecule has 21 heavy (non-hydrogen) atoms. The number of thiazole rings is 1. The lowest BCUT2D eigenvalue weighted by atomic mass is 10.1. The van der Waals surface area contributed by atoms with Gasteiger partial charge in [0.15, 0.2) is 0 Å². The molecule has 0 atom stereocenters. The molecule has 0 radical (unpaired) electrons. The molecule has 0 aliphatic heterocycles. The third-order valence-electron chi connectivity index (χ3n) is 3.30. The molecule has 4 heteroatoms. The molecule has 0 aliphatic carbocycles. The summed E-state index contributed by atoms with van der Waals surface area (Å²) in [5, 5.41) is 4.61. The van der Waals surface area contributed by atoms with Gasteiger partial charge >= 0.3 is 0 Å². The van der Waals surface area contributed by atoms with E-state index in [4.69, 9.17) is 4.98 Å². The maximum absolute atomic E-state index is 4.90. The number of rotatable bonds is 5. The third kappa shape index (κ3) is 4.15. The summed E-state index contributed by atoms with van der Waals surface area (Å²) in [5.41, 5.74) is 3.66. The van der Waals surface area contributed by atoms with Gasteiger partial charge < -0.3 is 5.32 Å². The Bertz CT molecular complexity index is 617. The predicted octanol–water partition coefficient (Wildman–Crippen LogP) is 5.50. The molecule has 2 aromatic rings. The Morgan fingerprint density at radius 3 is 2.52 bits per heavy atom. The van der Waals surface area contributed by atoms with E-state index in [0.717, 1.165) is 16.0 Å². The highest BCUT2D eigenvalue weighted by atomic mass is 79.9. The molecule has 1 N–H and O–H groups in total. The fraction of sp³-hybridized carbons (Fsp3) is 0.471. The van der Waals surface area contributed by atoms with Gasteiger partial charge in [0.2, 0.25) is 0 Å². The molecule has 0 fully saturated rings. The Morgan fingerprint density at radius 2 is 1.95 bits per heavy atom. The van der Waals surface area contributed by atoms with Crippen LogP contribution in [-0.2, 0) is 6.54 Å². The number of nitrogens with one attached hydrogen (secondary N) is 1. The molecule has 1 aromatic carbocycles. The fourth-order valence-electron chi connectivity index (χ4n) is 2.15. The van der Waals surface area contributed by atoms with E-state index in [1.165, 1.54) is 21.7 Å². The van der Waals surface area contributed by atoms with Crippen molar-refractivity contribution in [2.45, 2.75) is 53.1 Å². The highest BCUT2D eigenvalue weighted by Gasteiger charge is 2.16. The molecule has 2 nitrogen and oxygen atoms in total. The Kier molecular flexibility index (Phi) is 5.58. The quantitative estimate of drug-likeness (QED) is 0.755. The summed E-state index contributed by atoms with van der Waals surface area (Å²) in [6.07, 6.45) is 0. The zero-order valence-electron chi connectivity index (χ0n) is 13.3. The van der Waals surface area contributed by atoms with Gasteiger partial charge in [-0.3, -0.25) is 0 Å². The van der Waals surface area contributed by atoms with Crippen molar-refractivity contribution in [3.05, 3.63) is 38.8 Å². The van der Waals surface area contributed by atoms with Crippen molar-refractivity contribution in [3.8, 4) is 10.6 Å². The summed E-state index contributed by atoms with van der Waals surface area (Å²) in [5.74, 6) is 0.447. The number of aryl methyl sites for hydroxylation is 1. The summed E-state index contributed by atoms with van der Waals surface area (Å²) >= 11 is 5.47. The molecule has 2 rings (SSSR count). The first kappa shape index (κ1) is 16.7. The summed E-state index contributed by atoms with van der Waals surface area (Å²) < 4.78 is 1.12. The number of benzene rings is 1. The molecular formula is C17H23BrN2S. The Morgan fingerprint density at radius 1 is 1.24 bits per heavy atom. The van der Waals surface area contributed by atoms with E-state index in [9.17, 15) is 0 Å². The van der Waals surface area contributed by atoms with E-state index < -0.39 is 0 Å². The molecule has 0 spiro atoms. The lowest BCUT2D eigenvalue weighted by Gasteiger charge is -2.09. The van der Waals surface area contributed by atoms with Gasteiger partial charge in [-0.15, -0.1) is 11.3 Å². The van der Waals surface area contributed by atoms with Gasteiger partial charge in [-0.05, 0) is 24.5 Å². The van der Waals surface area contributed by atoms with Gasteiger partial charge in [0, 0.05) is 27.5 Å². The normalized spacial score (nSPS) is 11.6. The van der Waals surface area contributed by atoms with E-state index in [2.05, 4.69) is 74.1 Å². The Hall–Kier alpha value is -0.710. The van der Waals surface area contributed by atoms with Crippen LogP contribution in [0.25, 0.3) is 10.6 Å². The maximum Gasteiger partial charge on any atom is 0.125 e. The van der Waals surface area contributed by atoms with E-state index in [1.54, 1.807) is 11.3 Å². The number of nitrogens with zero attached hydrogens (tertiary/aromatic N) is 1. The number of aromatic nitrogens is 1. The second-order valence-corrected chi connectivity index (χ2v) is 7.94. The number of hydrogen-bond acceptors (Lipinski definition) is 3. The summed E-state index contributed by atoms with van der Waals surface area (Å²) in [6.45, 7) is 11.8. The lowest BCUT2D eigenvalue weighted by Crippen LogP contribution is -2.22. The van der Waals surface area contributed by atoms with Gasteiger partial charge in [0.1, 0.15) is 5.01 Å². The predicted molar refractivity (Wildman–Crippen MR) is 96.1 cm³/mol. The van der Waals surface area contributed by atoms with Crippen molar-refractivity contribution in [1.29, 1.82) is 0 Å². The SMILES string of the molecule is Cc1ccc(-c2nc(C(C)C)c(CNC(C)C)s2)c(Br)c1. The molecule has 0 saturated carbocycles. The van der Waals surface area contributed by atoms with Crippen LogP contribution in [0.1, 0.15) is 49.7 Å². The number of hydrogen-bond donors (Lipinski definition) is 1. The molecule has 0 bridgehead atoms. The fourth-order valence-corrected chi connectivity index (χ4v) is 4.17. The minimum Gasteiger partial charge on any atom is -0.310 e. The van der Waals surface area contributed by atoms with Crippen molar-refractivity contribution >= 4 is 27.3 Å². The van der Waals surface area contributed by atoms with Crippen LogP contribution in [0.3, 0.4) is 0 Å². The van der Waals surface area contributed by atoms with Crippen LogP contribution in [0.2, 0.25) is 0 Å². The van der Waals surface area contributed by atoms with Crippen LogP contribution in [0.15, 0.2) is 22.7 Å². The summed E-state index contributed by atoms with van der Waals surface area (Å²) in [6, 6.07) is 6.93. The van der Waals surface area contributed by atoms with Crippen molar-refractivity contribution < 1.29 is 0 Å². The van der Waals surface area contributed by atoms with Crippen molar-refractivity contribution in [2.24, 2.45) is 0 Å². The van der Waals surface area contributed by atoms with Crippen molar-refractivity contribution in [3.63, 3.8) is 0 Å². The van der Waals surface area contributed by atoms with Crippen LogP contribution >= 0.6 is 27.3 Å². The van der Waals surface area contributed by atoms with Gasteiger partial charge in [0.25, 0.3) is 0 Å². The van der Waals surface area contributed by atoms with Crippen molar-refractivity contribution in [2.75, 3.05) is 0 Å². The first-order chi connectivity index (χ1) is 9.88. The smallest absolute Gasteiger partial charge is 0.125 e. The van der Waals surface area contributed by atoms with Gasteiger partial charge in [-0.2, -0.15) is 0 Å². The molecule has 0 unspecified atom stereocenters. The average molecular weight is 367 g/mol. The Labute approximate surface area is 140 Å². The van der Waals surface area contributed by atoms with Crippen LogP contribution in [0.4, 0.5) is 0 Å². The van der Waals surface area contributed by atoms with E-state index >= 15 is 0 Å². The summed E-state index contributed by atoms with van der Waals surface area (Å²) in [7, 11) is 0. The molecule has 1 heterocycles. The first-order valence-electron chi connectivity index (χ1n) is 7.38. The summed E-state index contributed by atoms with van der Waals surface area (Å²) in [4.78, 5) is 6.25. The maximum atomic E-state index is 4.90. The van der Waals surface area contributed by atoms with Gasteiger partial charge in [0.05, 0.1) is 5.69 Å². The minimum absolute atomic E-state index is 0.447. The topological polar surface area (TPSA) is 24.9 Å². The molecule has 0 aliphatic rings. The van der Waals surface area contributed by atoms with Crippen molar-refractivity contribution in [1.82, 2.24) is 10.3 Å². The average Bonchev–Trinajstić information content (AvgIpc) is 2.80.